The van der Waals surface area contributed by atoms with Crippen molar-refractivity contribution in [1.82, 2.24) is 19.3 Å². The Labute approximate surface area is 105 Å². The lowest BCUT2D eigenvalue weighted by atomic mass is 10.1. The van der Waals surface area contributed by atoms with Crippen LogP contribution in [0, 0.1) is 0 Å². The van der Waals surface area contributed by atoms with Crippen molar-refractivity contribution in [3.8, 4) is 0 Å². The van der Waals surface area contributed by atoms with Gasteiger partial charge in [-0.3, -0.25) is 4.68 Å². The first-order chi connectivity index (χ1) is 8.79. The minimum Gasteiger partial charge on any atom is -0.328 e. The van der Waals surface area contributed by atoms with E-state index in [-0.39, 0.29) is 6.04 Å². The maximum absolute atomic E-state index is 5.91. The molecule has 0 aliphatic rings. The number of rotatable bonds is 3. The molecule has 3 aromatic rings. The molecule has 0 radical (unpaired) electrons. The van der Waals surface area contributed by atoms with Crippen molar-refractivity contribution < 1.29 is 0 Å². The normalized spacial score (nSPS) is 13.0. The Balaban J connectivity index is 2.11. The highest BCUT2D eigenvalue weighted by molar-refractivity contribution is 5.75. The van der Waals surface area contributed by atoms with E-state index >= 15 is 0 Å². The van der Waals surface area contributed by atoms with Gasteiger partial charge in [0.2, 0.25) is 0 Å². The molecular weight excluding hydrogens is 226 g/mol. The van der Waals surface area contributed by atoms with E-state index in [2.05, 4.69) is 20.7 Å². The Morgan fingerprint density at radius 1 is 1.33 bits per heavy atom. The Kier molecular flexibility index (Phi) is 2.60. The van der Waals surface area contributed by atoms with Crippen LogP contribution in [0.25, 0.3) is 11.0 Å². The molecule has 0 bridgehead atoms. The van der Waals surface area contributed by atoms with Crippen molar-refractivity contribution in [2.24, 2.45) is 12.8 Å². The predicted molar refractivity (Wildman–Crippen MR) is 70.1 cm³/mol. The van der Waals surface area contributed by atoms with Crippen molar-refractivity contribution in [1.29, 1.82) is 0 Å². The lowest BCUT2D eigenvalue weighted by molar-refractivity contribution is 0.609. The van der Waals surface area contributed by atoms with Gasteiger partial charge in [0, 0.05) is 25.4 Å². The topological polar surface area (TPSA) is 61.7 Å². The van der Waals surface area contributed by atoms with Crippen LogP contribution in [0.3, 0.4) is 0 Å². The van der Waals surface area contributed by atoms with Gasteiger partial charge >= 0.3 is 0 Å². The molecule has 2 N–H and O–H groups in total. The van der Waals surface area contributed by atoms with Crippen LogP contribution in [0.2, 0.25) is 0 Å². The predicted octanol–water partition coefficient (Wildman–Crippen LogP) is 1.32. The molecule has 0 saturated heterocycles. The summed E-state index contributed by atoms with van der Waals surface area (Å²) in [6, 6.07) is 8.13. The number of aromatic nitrogens is 4. The minimum absolute atomic E-state index is 0.0751. The van der Waals surface area contributed by atoms with Crippen LogP contribution in [-0.4, -0.2) is 25.9 Å². The molecule has 1 aromatic carbocycles. The highest BCUT2D eigenvalue weighted by atomic mass is 15.2. The summed E-state index contributed by atoms with van der Waals surface area (Å²) >= 11 is 0. The Morgan fingerprint density at radius 2 is 2.17 bits per heavy atom. The zero-order valence-corrected chi connectivity index (χ0v) is 10.2. The third-order valence-corrected chi connectivity index (χ3v) is 3.15. The molecular formula is C13H15N5. The van der Waals surface area contributed by atoms with Gasteiger partial charge in [-0.2, -0.15) is 5.10 Å². The molecule has 0 spiro atoms. The maximum Gasteiger partial charge on any atom is 0.0964 e. The van der Waals surface area contributed by atoms with Crippen molar-refractivity contribution in [3.63, 3.8) is 0 Å². The zero-order chi connectivity index (χ0) is 12.5. The molecule has 5 heteroatoms. The van der Waals surface area contributed by atoms with Gasteiger partial charge in [0.25, 0.3) is 0 Å². The zero-order valence-electron chi connectivity index (χ0n) is 10.2. The van der Waals surface area contributed by atoms with E-state index in [0.717, 1.165) is 16.6 Å². The molecule has 18 heavy (non-hydrogen) atoms. The fourth-order valence-corrected chi connectivity index (χ4v) is 2.25. The Bertz CT molecular complexity index is 667. The van der Waals surface area contributed by atoms with Crippen molar-refractivity contribution in [2.45, 2.75) is 6.04 Å². The van der Waals surface area contributed by atoms with E-state index in [0.29, 0.717) is 6.54 Å². The summed E-state index contributed by atoms with van der Waals surface area (Å²) in [6.07, 6.45) is 5.69. The van der Waals surface area contributed by atoms with Crippen LogP contribution in [0.4, 0.5) is 0 Å². The van der Waals surface area contributed by atoms with Gasteiger partial charge in [-0.25, -0.2) is 4.98 Å². The smallest absolute Gasteiger partial charge is 0.0964 e. The minimum atomic E-state index is 0.0751. The van der Waals surface area contributed by atoms with Crippen LogP contribution in [0.15, 0.2) is 43.0 Å². The number of hydrogen-bond donors (Lipinski definition) is 1. The first-order valence-corrected chi connectivity index (χ1v) is 5.90. The van der Waals surface area contributed by atoms with Crippen molar-refractivity contribution >= 4 is 11.0 Å². The van der Waals surface area contributed by atoms with Crippen LogP contribution >= 0.6 is 0 Å². The van der Waals surface area contributed by atoms with Crippen LogP contribution in [0.1, 0.15) is 11.6 Å². The molecule has 0 amide bonds. The molecule has 1 unspecified atom stereocenters. The summed E-state index contributed by atoms with van der Waals surface area (Å²) in [5.41, 5.74) is 9.09. The summed E-state index contributed by atoms with van der Waals surface area (Å²) in [5.74, 6) is 0. The summed E-state index contributed by atoms with van der Waals surface area (Å²) in [7, 11) is 1.91. The van der Waals surface area contributed by atoms with E-state index in [1.165, 1.54) is 0 Å². The van der Waals surface area contributed by atoms with Crippen molar-refractivity contribution in [3.05, 3.63) is 48.5 Å². The van der Waals surface area contributed by atoms with Crippen LogP contribution < -0.4 is 5.73 Å². The first-order valence-electron chi connectivity index (χ1n) is 5.90. The van der Waals surface area contributed by atoms with Gasteiger partial charge in [-0.15, -0.1) is 0 Å². The lowest BCUT2D eigenvalue weighted by Crippen LogP contribution is -2.19. The second kappa shape index (κ2) is 4.27. The van der Waals surface area contributed by atoms with Gasteiger partial charge in [0.05, 0.1) is 29.6 Å². The third-order valence-electron chi connectivity index (χ3n) is 3.15. The monoisotopic (exact) mass is 241 g/mol. The third kappa shape index (κ3) is 1.69. The number of benzene rings is 1. The fourth-order valence-electron chi connectivity index (χ4n) is 2.25. The summed E-state index contributed by atoms with van der Waals surface area (Å²) in [6.45, 7) is 0.520. The van der Waals surface area contributed by atoms with E-state index in [4.69, 9.17) is 5.73 Å². The van der Waals surface area contributed by atoms with Gasteiger partial charge in [0.1, 0.15) is 0 Å². The number of nitrogens with two attached hydrogens (primary N) is 1. The molecule has 92 valence electrons. The van der Waals surface area contributed by atoms with Crippen molar-refractivity contribution in [2.75, 3.05) is 6.54 Å². The number of fused-ring (bicyclic) bond motifs is 1. The molecule has 1 atom stereocenters. The number of para-hydroxylation sites is 2. The van der Waals surface area contributed by atoms with Crippen LogP contribution in [0.5, 0.6) is 0 Å². The average Bonchev–Trinajstić information content (AvgIpc) is 2.98. The number of imidazole rings is 1. The van der Waals surface area contributed by atoms with E-state index < -0.39 is 0 Å². The van der Waals surface area contributed by atoms with E-state index in [9.17, 15) is 0 Å². The molecule has 0 aliphatic heterocycles. The second-order valence-electron chi connectivity index (χ2n) is 4.34. The molecule has 2 aromatic heterocycles. The number of aryl methyl sites for hydroxylation is 1. The largest absolute Gasteiger partial charge is 0.328 e. The van der Waals surface area contributed by atoms with Gasteiger partial charge in [-0.05, 0) is 12.1 Å². The molecule has 0 fully saturated rings. The fraction of sp³-hybridized carbons (Fsp3) is 0.231. The van der Waals surface area contributed by atoms with Gasteiger partial charge < -0.3 is 10.3 Å². The van der Waals surface area contributed by atoms with E-state index in [1.807, 2.05) is 44.0 Å². The molecule has 0 aliphatic carbocycles. The first kappa shape index (κ1) is 11.0. The Morgan fingerprint density at radius 3 is 2.89 bits per heavy atom. The van der Waals surface area contributed by atoms with Gasteiger partial charge in [0.15, 0.2) is 0 Å². The Hall–Kier alpha value is -2.14. The average molecular weight is 241 g/mol. The lowest BCUT2D eigenvalue weighted by Gasteiger charge is -2.15. The SMILES string of the molecule is Cn1cc(C(CN)n2cnc3ccccc32)cn1. The summed E-state index contributed by atoms with van der Waals surface area (Å²) in [4.78, 5) is 4.40. The molecule has 2 heterocycles. The standard InChI is InChI=1S/C13H15N5/c1-17-8-10(7-16-17)13(6-14)18-9-15-11-4-2-3-5-12(11)18/h2-5,7-9,13H,6,14H2,1H3. The van der Waals surface area contributed by atoms with Crippen LogP contribution in [-0.2, 0) is 7.05 Å². The molecule has 5 nitrogen and oxygen atoms in total. The highest BCUT2D eigenvalue weighted by Crippen LogP contribution is 2.22. The highest BCUT2D eigenvalue weighted by Gasteiger charge is 2.15. The summed E-state index contributed by atoms with van der Waals surface area (Å²) in [5, 5.41) is 4.20. The molecule has 3 rings (SSSR count). The number of hydrogen-bond acceptors (Lipinski definition) is 3. The van der Waals surface area contributed by atoms with Gasteiger partial charge in [-0.1, -0.05) is 12.1 Å². The van der Waals surface area contributed by atoms with E-state index in [1.54, 1.807) is 4.68 Å². The number of nitrogens with zero attached hydrogens (tertiary/aromatic N) is 4. The summed E-state index contributed by atoms with van der Waals surface area (Å²) < 4.78 is 3.89. The molecule has 0 saturated carbocycles. The quantitative estimate of drug-likeness (QED) is 0.752. The maximum atomic E-state index is 5.91. The second-order valence-corrected chi connectivity index (χ2v) is 4.34.